The van der Waals surface area contributed by atoms with Crippen LogP contribution >= 0.6 is 0 Å². The second-order valence-electron chi connectivity index (χ2n) is 7.00. The fourth-order valence-electron chi connectivity index (χ4n) is 2.47. The Bertz CT molecular complexity index is 354. The predicted octanol–water partition coefficient (Wildman–Crippen LogP) is 4.35. The van der Waals surface area contributed by atoms with Crippen molar-refractivity contribution in [3.05, 3.63) is 12.2 Å². The van der Waals surface area contributed by atoms with E-state index >= 15 is 0 Å². The molecule has 0 bridgehead atoms. The topological polar surface area (TPSA) is 44.8 Å². The van der Waals surface area contributed by atoms with E-state index < -0.39 is 16.6 Å². The molecule has 0 atom stereocenters. The fourth-order valence-corrected chi connectivity index (χ4v) is 11.5. The van der Waals surface area contributed by atoms with Crippen molar-refractivity contribution >= 4 is 22.6 Å². The molecule has 0 saturated carbocycles. The first-order valence-electron chi connectivity index (χ1n) is 8.20. The van der Waals surface area contributed by atoms with Gasteiger partial charge in [0.25, 0.3) is 0 Å². The van der Waals surface area contributed by atoms with Crippen LogP contribution in [-0.4, -0.2) is 42.4 Å². The van der Waals surface area contributed by atoms with Crippen molar-refractivity contribution < 1.29 is 18.4 Å². The molecule has 4 nitrogen and oxygen atoms in total. The molecule has 0 spiro atoms. The maximum Gasteiger partial charge on any atom is 0.333 e. The molecule has 0 amide bonds. The van der Waals surface area contributed by atoms with E-state index in [1.165, 1.54) is 12.5 Å². The summed E-state index contributed by atoms with van der Waals surface area (Å²) < 4.78 is 17.0. The molecule has 0 N–H and O–H groups in total. The van der Waals surface area contributed by atoms with Gasteiger partial charge in [-0.3, -0.25) is 0 Å². The van der Waals surface area contributed by atoms with Crippen molar-refractivity contribution in [2.75, 3.05) is 19.8 Å². The second kappa shape index (κ2) is 10.4. The summed E-state index contributed by atoms with van der Waals surface area (Å²) in [6.45, 7) is 18.1. The Labute approximate surface area is 138 Å². The molecule has 0 aliphatic heterocycles. The lowest BCUT2D eigenvalue weighted by atomic mass is 10.4. The Morgan fingerprint density at radius 1 is 1.00 bits per heavy atom. The van der Waals surface area contributed by atoms with E-state index in [-0.39, 0.29) is 5.97 Å². The van der Waals surface area contributed by atoms with Gasteiger partial charge in [0.1, 0.15) is 6.61 Å². The minimum atomic E-state index is -1.59. The van der Waals surface area contributed by atoms with Gasteiger partial charge in [0.15, 0.2) is 16.6 Å². The Balaban J connectivity index is 3.77. The average Bonchev–Trinajstić information content (AvgIpc) is 2.35. The molecular weight excluding hydrogens is 312 g/mol. The van der Waals surface area contributed by atoms with E-state index in [1.807, 2.05) is 0 Å². The number of hydrogen-bond donors (Lipinski definition) is 0. The molecule has 0 saturated heterocycles. The highest BCUT2D eigenvalue weighted by atomic mass is 28.4. The van der Waals surface area contributed by atoms with Crippen LogP contribution in [0, 0.1) is 0 Å². The zero-order valence-corrected chi connectivity index (χ0v) is 17.3. The quantitative estimate of drug-likeness (QED) is 0.228. The molecule has 0 unspecified atom stereocenters. The highest BCUT2D eigenvalue weighted by molar-refractivity contribution is 6.84. The van der Waals surface area contributed by atoms with Crippen LogP contribution in [0.4, 0.5) is 0 Å². The van der Waals surface area contributed by atoms with Crippen LogP contribution in [0.25, 0.3) is 0 Å². The summed E-state index contributed by atoms with van der Waals surface area (Å²) in [5.74, 6) is -0.353. The SMILES string of the molecule is C=C(C)C(=O)OCCOCCC[Si](C)(C)O[Si](C)(C)CCC. The molecule has 0 radical (unpaired) electrons. The van der Waals surface area contributed by atoms with E-state index in [0.29, 0.717) is 25.4 Å². The van der Waals surface area contributed by atoms with Gasteiger partial charge in [-0.1, -0.05) is 19.9 Å². The number of esters is 1. The molecule has 22 heavy (non-hydrogen) atoms. The first-order chi connectivity index (χ1) is 10.1. The van der Waals surface area contributed by atoms with E-state index in [2.05, 4.69) is 39.7 Å². The first-order valence-corrected chi connectivity index (χ1v) is 14.4. The highest BCUT2D eigenvalue weighted by Crippen LogP contribution is 2.23. The van der Waals surface area contributed by atoms with Crippen molar-refractivity contribution in [1.29, 1.82) is 0 Å². The molecule has 0 aromatic rings. The second-order valence-corrected chi connectivity index (χ2v) is 15.9. The van der Waals surface area contributed by atoms with E-state index in [4.69, 9.17) is 13.6 Å². The Kier molecular flexibility index (Phi) is 10.2. The maximum atomic E-state index is 11.2. The fraction of sp³-hybridized carbons (Fsp3) is 0.812. The third kappa shape index (κ3) is 11.2. The predicted molar refractivity (Wildman–Crippen MR) is 97.2 cm³/mol. The van der Waals surface area contributed by atoms with Crippen molar-refractivity contribution in [1.82, 2.24) is 0 Å². The first kappa shape index (κ1) is 21.6. The molecule has 0 aliphatic rings. The van der Waals surface area contributed by atoms with Crippen LogP contribution < -0.4 is 0 Å². The molecular formula is C16H34O4Si2. The molecule has 6 heteroatoms. The molecule has 130 valence electrons. The largest absolute Gasteiger partial charge is 0.460 e. The molecule has 0 aromatic heterocycles. The van der Waals surface area contributed by atoms with Crippen LogP contribution in [0.15, 0.2) is 12.2 Å². The van der Waals surface area contributed by atoms with E-state index in [1.54, 1.807) is 6.92 Å². The van der Waals surface area contributed by atoms with Crippen LogP contribution in [0.2, 0.25) is 38.3 Å². The van der Waals surface area contributed by atoms with Gasteiger partial charge < -0.3 is 13.6 Å². The summed E-state index contributed by atoms with van der Waals surface area (Å²) in [6, 6.07) is 2.34. The summed E-state index contributed by atoms with van der Waals surface area (Å²) in [4.78, 5) is 11.2. The van der Waals surface area contributed by atoms with Gasteiger partial charge >= 0.3 is 5.97 Å². The Morgan fingerprint density at radius 2 is 1.59 bits per heavy atom. The average molecular weight is 347 g/mol. The highest BCUT2D eigenvalue weighted by Gasteiger charge is 2.31. The smallest absolute Gasteiger partial charge is 0.333 e. The minimum Gasteiger partial charge on any atom is -0.460 e. The van der Waals surface area contributed by atoms with Crippen LogP contribution in [-0.2, 0) is 18.4 Å². The molecule has 0 aromatic carbocycles. The van der Waals surface area contributed by atoms with Gasteiger partial charge in [-0.05, 0) is 51.6 Å². The summed E-state index contributed by atoms with van der Waals surface area (Å²) in [5.41, 5.74) is 0.420. The standard InChI is InChI=1S/C16H34O4Si2/c1-8-13-21(4,5)20-22(6,7)14-9-10-18-11-12-19-16(17)15(2)3/h2,8-14H2,1,3-7H3. The van der Waals surface area contributed by atoms with E-state index in [0.717, 1.165) is 12.5 Å². The van der Waals surface area contributed by atoms with Crippen LogP contribution in [0.3, 0.4) is 0 Å². The van der Waals surface area contributed by atoms with Crippen LogP contribution in [0.5, 0.6) is 0 Å². The van der Waals surface area contributed by atoms with E-state index in [9.17, 15) is 4.79 Å². The van der Waals surface area contributed by atoms with Crippen molar-refractivity contribution in [3.8, 4) is 0 Å². The molecule has 0 rings (SSSR count). The monoisotopic (exact) mass is 346 g/mol. The van der Waals surface area contributed by atoms with Crippen molar-refractivity contribution in [3.63, 3.8) is 0 Å². The third-order valence-corrected chi connectivity index (χ3v) is 11.0. The van der Waals surface area contributed by atoms with Gasteiger partial charge in [0.05, 0.1) is 6.61 Å². The number of carbonyl (C=O) groups excluding carboxylic acids is 1. The van der Waals surface area contributed by atoms with Gasteiger partial charge in [-0.15, -0.1) is 0 Å². The van der Waals surface area contributed by atoms with Gasteiger partial charge in [0, 0.05) is 12.2 Å². The Hall–Kier alpha value is -0.436. The molecule has 0 heterocycles. The zero-order valence-electron chi connectivity index (χ0n) is 15.3. The Morgan fingerprint density at radius 3 is 2.14 bits per heavy atom. The molecule has 0 fully saturated rings. The van der Waals surface area contributed by atoms with Crippen molar-refractivity contribution in [2.45, 2.75) is 65.0 Å². The van der Waals surface area contributed by atoms with Crippen LogP contribution in [0.1, 0.15) is 26.7 Å². The number of rotatable bonds is 12. The summed E-state index contributed by atoms with van der Waals surface area (Å²) in [7, 11) is -3.08. The minimum absolute atomic E-state index is 0.291. The number of carbonyl (C=O) groups is 1. The summed E-state index contributed by atoms with van der Waals surface area (Å²) in [5, 5.41) is 0. The lowest BCUT2D eigenvalue weighted by molar-refractivity contribution is -0.140. The number of hydrogen-bond acceptors (Lipinski definition) is 4. The molecule has 0 aliphatic carbocycles. The zero-order chi connectivity index (χ0) is 17.2. The maximum absolute atomic E-state index is 11.2. The number of ether oxygens (including phenoxy) is 2. The van der Waals surface area contributed by atoms with Crippen molar-refractivity contribution in [2.24, 2.45) is 0 Å². The van der Waals surface area contributed by atoms with Gasteiger partial charge in [-0.2, -0.15) is 0 Å². The summed E-state index contributed by atoms with van der Waals surface area (Å²) in [6.07, 6.45) is 2.21. The van der Waals surface area contributed by atoms with Gasteiger partial charge in [0.2, 0.25) is 0 Å². The lowest BCUT2D eigenvalue weighted by Crippen LogP contribution is -2.44. The summed E-state index contributed by atoms with van der Waals surface area (Å²) >= 11 is 0. The van der Waals surface area contributed by atoms with Gasteiger partial charge in [-0.25, -0.2) is 4.79 Å². The normalized spacial score (nSPS) is 12.3. The lowest BCUT2D eigenvalue weighted by Gasteiger charge is -2.34. The third-order valence-electron chi connectivity index (χ3n) is 3.28.